The normalized spacial score (nSPS) is 11.8. The lowest BCUT2D eigenvalue weighted by molar-refractivity contribution is -0.122. The van der Waals surface area contributed by atoms with Crippen molar-refractivity contribution in [3.8, 4) is 0 Å². The maximum atomic E-state index is 12.8. The van der Waals surface area contributed by atoms with Gasteiger partial charge in [-0.15, -0.1) is 0 Å². The first-order valence-electron chi connectivity index (χ1n) is 8.78. The third-order valence-electron chi connectivity index (χ3n) is 4.20. The van der Waals surface area contributed by atoms with Crippen molar-refractivity contribution in [1.82, 2.24) is 10.6 Å². The number of benzene rings is 2. The first-order chi connectivity index (χ1) is 12.1. The van der Waals surface area contributed by atoms with E-state index >= 15 is 0 Å². The van der Waals surface area contributed by atoms with Gasteiger partial charge < -0.3 is 10.6 Å². The molecule has 0 heterocycles. The predicted octanol–water partition coefficient (Wildman–Crippen LogP) is 3.24. The molecule has 0 fully saturated rings. The fourth-order valence-corrected chi connectivity index (χ4v) is 2.64. The Kier molecular flexibility index (Phi) is 7.20. The topological polar surface area (TPSA) is 58.2 Å². The van der Waals surface area contributed by atoms with Gasteiger partial charge in [-0.05, 0) is 24.5 Å². The van der Waals surface area contributed by atoms with Crippen LogP contribution in [0.3, 0.4) is 0 Å². The van der Waals surface area contributed by atoms with Gasteiger partial charge in [0.15, 0.2) is 0 Å². The molecule has 1 unspecified atom stereocenters. The highest BCUT2D eigenvalue weighted by Gasteiger charge is 2.22. The molecule has 0 aliphatic heterocycles. The summed E-state index contributed by atoms with van der Waals surface area (Å²) < 4.78 is 0. The molecule has 0 spiro atoms. The fourth-order valence-electron chi connectivity index (χ4n) is 2.64. The Hall–Kier alpha value is -2.62. The predicted molar refractivity (Wildman–Crippen MR) is 100 cm³/mol. The smallest absolute Gasteiger partial charge is 0.232 e. The van der Waals surface area contributed by atoms with Gasteiger partial charge in [-0.1, -0.05) is 67.6 Å². The van der Waals surface area contributed by atoms with Crippen LogP contribution in [0.15, 0.2) is 60.7 Å². The van der Waals surface area contributed by atoms with Gasteiger partial charge in [0.1, 0.15) is 0 Å². The number of nitrogens with one attached hydrogen (secondary N) is 2. The summed E-state index contributed by atoms with van der Waals surface area (Å²) in [5.74, 6) is -0.501. The summed E-state index contributed by atoms with van der Waals surface area (Å²) in [5, 5.41) is 5.81. The summed E-state index contributed by atoms with van der Waals surface area (Å²) in [6.45, 7) is 4.33. The average Bonchev–Trinajstić information content (AvgIpc) is 2.63. The van der Waals surface area contributed by atoms with Gasteiger partial charge in [-0.25, -0.2) is 0 Å². The van der Waals surface area contributed by atoms with E-state index < -0.39 is 0 Å². The number of rotatable bonds is 8. The summed E-state index contributed by atoms with van der Waals surface area (Å²) in [6.07, 6.45) is 1.18. The molecule has 2 N–H and O–H groups in total. The van der Waals surface area contributed by atoms with Gasteiger partial charge in [0.2, 0.25) is 11.8 Å². The lowest BCUT2D eigenvalue weighted by Crippen LogP contribution is -2.36. The molecular weight excluding hydrogens is 312 g/mol. The van der Waals surface area contributed by atoms with Crippen LogP contribution >= 0.6 is 0 Å². The Morgan fingerprint density at radius 2 is 1.44 bits per heavy atom. The number of amides is 2. The van der Waals surface area contributed by atoms with Crippen LogP contribution < -0.4 is 10.6 Å². The van der Waals surface area contributed by atoms with Gasteiger partial charge >= 0.3 is 0 Å². The van der Waals surface area contributed by atoms with Crippen LogP contribution in [0.5, 0.6) is 0 Å². The van der Waals surface area contributed by atoms with E-state index in [0.29, 0.717) is 6.54 Å². The summed E-state index contributed by atoms with van der Waals surface area (Å²) in [7, 11) is 0. The van der Waals surface area contributed by atoms with Gasteiger partial charge in [0, 0.05) is 19.0 Å². The Morgan fingerprint density at radius 3 is 1.92 bits per heavy atom. The SMILES string of the molecule is CCC(C)NC(=O)CCNC(=O)C(c1ccccc1)c1ccccc1. The molecule has 0 aliphatic carbocycles. The third-order valence-corrected chi connectivity index (χ3v) is 4.20. The summed E-state index contributed by atoms with van der Waals surface area (Å²) in [4.78, 5) is 24.6. The minimum atomic E-state index is -0.375. The van der Waals surface area contributed by atoms with Crippen LogP contribution in [0.25, 0.3) is 0 Å². The first-order valence-corrected chi connectivity index (χ1v) is 8.78. The first kappa shape index (κ1) is 18.7. The minimum Gasteiger partial charge on any atom is -0.355 e. The quantitative estimate of drug-likeness (QED) is 0.776. The standard InChI is InChI=1S/C21H26N2O2/c1-3-16(2)23-19(24)14-15-22-21(25)20(17-10-6-4-7-11-17)18-12-8-5-9-13-18/h4-13,16,20H,3,14-15H2,1-2H3,(H,22,25)(H,23,24). The van der Waals surface area contributed by atoms with Crippen molar-refractivity contribution in [2.45, 2.75) is 38.6 Å². The van der Waals surface area contributed by atoms with Crippen LogP contribution in [-0.4, -0.2) is 24.4 Å². The highest BCUT2D eigenvalue weighted by atomic mass is 16.2. The van der Waals surface area contributed by atoms with Crippen molar-refractivity contribution in [3.63, 3.8) is 0 Å². The molecule has 132 valence electrons. The van der Waals surface area contributed by atoms with Crippen molar-refractivity contribution in [2.75, 3.05) is 6.54 Å². The molecule has 2 amide bonds. The van der Waals surface area contributed by atoms with E-state index in [4.69, 9.17) is 0 Å². The Bertz CT molecular complexity index is 631. The van der Waals surface area contributed by atoms with Crippen molar-refractivity contribution in [2.24, 2.45) is 0 Å². The monoisotopic (exact) mass is 338 g/mol. The highest BCUT2D eigenvalue weighted by molar-refractivity contribution is 5.87. The molecule has 4 heteroatoms. The number of hydrogen-bond acceptors (Lipinski definition) is 2. The molecular formula is C21H26N2O2. The van der Waals surface area contributed by atoms with E-state index in [2.05, 4.69) is 10.6 Å². The van der Waals surface area contributed by atoms with Crippen LogP contribution in [-0.2, 0) is 9.59 Å². The molecule has 0 aromatic heterocycles. The Morgan fingerprint density at radius 1 is 0.920 bits per heavy atom. The zero-order chi connectivity index (χ0) is 18.1. The lowest BCUT2D eigenvalue weighted by atomic mass is 9.90. The Labute approximate surface area is 149 Å². The van der Waals surface area contributed by atoms with Crippen LogP contribution in [0.2, 0.25) is 0 Å². The van der Waals surface area contributed by atoms with E-state index in [-0.39, 0.29) is 30.2 Å². The van der Waals surface area contributed by atoms with Crippen molar-refractivity contribution < 1.29 is 9.59 Å². The third kappa shape index (κ3) is 5.75. The van der Waals surface area contributed by atoms with Crippen LogP contribution in [0.4, 0.5) is 0 Å². The maximum absolute atomic E-state index is 12.8. The van der Waals surface area contributed by atoms with Gasteiger partial charge in [-0.3, -0.25) is 9.59 Å². The van der Waals surface area contributed by atoms with Crippen molar-refractivity contribution in [3.05, 3.63) is 71.8 Å². The zero-order valence-corrected chi connectivity index (χ0v) is 14.9. The molecule has 0 bridgehead atoms. The molecule has 0 radical (unpaired) electrons. The van der Waals surface area contributed by atoms with Gasteiger partial charge in [0.05, 0.1) is 5.92 Å². The van der Waals surface area contributed by atoms with E-state index in [1.807, 2.05) is 74.5 Å². The molecule has 2 rings (SSSR count). The minimum absolute atomic E-state index is 0.0365. The average molecular weight is 338 g/mol. The van der Waals surface area contributed by atoms with Crippen LogP contribution in [0, 0.1) is 0 Å². The molecule has 2 aromatic carbocycles. The lowest BCUT2D eigenvalue weighted by Gasteiger charge is -2.18. The molecule has 0 aliphatic rings. The second kappa shape index (κ2) is 9.62. The maximum Gasteiger partial charge on any atom is 0.232 e. The second-order valence-electron chi connectivity index (χ2n) is 6.17. The number of carbonyl (C=O) groups excluding carboxylic acids is 2. The van der Waals surface area contributed by atoms with E-state index in [9.17, 15) is 9.59 Å². The molecule has 25 heavy (non-hydrogen) atoms. The largest absolute Gasteiger partial charge is 0.355 e. The van der Waals surface area contributed by atoms with E-state index in [0.717, 1.165) is 17.5 Å². The van der Waals surface area contributed by atoms with Crippen LogP contribution in [0.1, 0.15) is 43.7 Å². The molecule has 1 atom stereocenters. The summed E-state index contributed by atoms with van der Waals surface area (Å²) in [5.41, 5.74) is 1.88. The number of carbonyl (C=O) groups is 2. The highest BCUT2D eigenvalue weighted by Crippen LogP contribution is 2.24. The summed E-state index contributed by atoms with van der Waals surface area (Å²) in [6, 6.07) is 19.5. The number of hydrogen-bond donors (Lipinski definition) is 2. The van der Waals surface area contributed by atoms with Gasteiger partial charge in [-0.2, -0.15) is 0 Å². The molecule has 4 nitrogen and oxygen atoms in total. The second-order valence-corrected chi connectivity index (χ2v) is 6.17. The fraction of sp³-hybridized carbons (Fsp3) is 0.333. The van der Waals surface area contributed by atoms with E-state index in [1.54, 1.807) is 0 Å². The zero-order valence-electron chi connectivity index (χ0n) is 14.9. The van der Waals surface area contributed by atoms with Crippen molar-refractivity contribution >= 4 is 11.8 Å². The van der Waals surface area contributed by atoms with Crippen molar-refractivity contribution in [1.29, 1.82) is 0 Å². The van der Waals surface area contributed by atoms with E-state index in [1.165, 1.54) is 0 Å². The molecule has 2 aromatic rings. The Balaban J connectivity index is 2.01. The molecule has 0 saturated carbocycles. The summed E-state index contributed by atoms with van der Waals surface area (Å²) >= 11 is 0. The van der Waals surface area contributed by atoms with Gasteiger partial charge in [0.25, 0.3) is 0 Å². The molecule has 0 saturated heterocycles.